The molecule has 0 aliphatic carbocycles. The highest BCUT2D eigenvalue weighted by atomic mass is 16.1. The fourth-order valence-corrected chi connectivity index (χ4v) is 1.75. The molecule has 0 spiro atoms. The van der Waals surface area contributed by atoms with E-state index in [-0.39, 0.29) is 11.9 Å². The highest BCUT2D eigenvalue weighted by Crippen LogP contribution is 2.15. The molecule has 1 aromatic heterocycles. The lowest BCUT2D eigenvalue weighted by atomic mass is 10.1. The average molecular weight is 235 g/mol. The SMILES string of the molecule is CCCC(C)NC(=O)c1cnc(C)cc1NC. The third-order valence-electron chi connectivity index (χ3n) is 2.65. The van der Waals surface area contributed by atoms with E-state index >= 15 is 0 Å². The van der Waals surface area contributed by atoms with Gasteiger partial charge in [-0.3, -0.25) is 9.78 Å². The first kappa shape index (κ1) is 13.5. The number of aromatic nitrogens is 1. The van der Waals surface area contributed by atoms with Crippen LogP contribution in [0.3, 0.4) is 0 Å². The Balaban J connectivity index is 2.81. The van der Waals surface area contributed by atoms with Crippen molar-refractivity contribution in [3.8, 4) is 0 Å². The predicted octanol–water partition coefficient (Wildman–Crippen LogP) is 2.35. The highest BCUT2D eigenvalue weighted by molar-refractivity contribution is 5.99. The Labute approximate surface area is 103 Å². The second-order valence-corrected chi connectivity index (χ2v) is 4.28. The second kappa shape index (κ2) is 6.23. The van der Waals surface area contributed by atoms with Crippen LogP contribution in [0.2, 0.25) is 0 Å². The van der Waals surface area contributed by atoms with Crippen LogP contribution in [0.15, 0.2) is 12.3 Å². The van der Waals surface area contributed by atoms with Gasteiger partial charge in [-0.25, -0.2) is 0 Å². The lowest BCUT2D eigenvalue weighted by molar-refractivity contribution is 0.0939. The van der Waals surface area contributed by atoms with E-state index in [9.17, 15) is 4.79 Å². The zero-order chi connectivity index (χ0) is 12.8. The van der Waals surface area contributed by atoms with Crippen LogP contribution >= 0.6 is 0 Å². The molecule has 0 fully saturated rings. The van der Waals surface area contributed by atoms with Gasteiger partial charge in [-0.2, -0.15) is 0 Å². The summed E-state index contributed by atoms with van der Waals surface area (Å²) < 4.78 is 0. The number of rotatable bonds is 5. The van der Waals surface area contributed by atoms with Gasteiger partial charge in [0, 0.05) is 25.0 Å². The minimum Gasteiger partial charge on any atom is -0.387 e. The maximum absolute atomic E-state index is 12.0. The molecule has 1 rings (SSSR count). The Hall–Kier alpha value is -1.58. The molecule has 2 N–H and O–H groups in total. The topological polar surface area (TPSA) is 54.0 Å². The van der Waals surface area contributed by atoms with E-state index in [1.807, 2.05) is 19.9 Å². The van der Waals surface area contributed by atoms with Gasteiger partial charge in [0.2, 0.25) is 0 Å². The number of carbonyl (C=O) groups is 1. The summed E-state index contributed by atoms with van der Waals surface area (Å²) in [6.45, 7) is 6.03. The molecule has 0 bridgehead atoms. The van der Waals surface area contributed by atoms with Crippen LogP contribution in [-0.4, -0.2) is 24.0 Å². The summed E-state index contributed by atoms with van der Waals surface area (Å²) >= 11 is 0. The van der Waals surface area contributed by atoms with Gasteiger partial charge < -0.3 is 10.6 Å². The Morgan fingerprint density at radius 2 is 2.24 bits per heavy atom. The van der Waals surface area contributed by atoms with Gasteiger partial charge in [-0.05, 0) is 26.3 Å². The molecule has 4 nitrogen and oxygen atoms in total. The largest absolute Gasteiger partial charge is 0.387 e. The molecular formula is C13H21N3O. The molecule has 1 atom stereocenters. The molecule has 1 unspecified atom stereocenters. The number of hydrogen-bond acceptors (Lipinski definition) is 3. The Kier molecular flexibility index (Phi) is 4.94. The molecule has 4 heteroatoms. The average Bonchev–Trinajstić information content (AvgIpc) is 2.28. The summed E-state index contributed by atoms with van der Waals surface area (Å²) in [7, 11) is 1.81. The van der Waals surface area contributed by atoms with E-state index in [2.05, 4.69) is 22.5 Å². The normalized spacial score (nSPS) is 12.0. The van der Waals surface area contributed by atoms with Crippen molar-refractivity contribution >= 4 is 11.6 Å². The summed E-state index contributed by atoms with van der Waals surface area (Å²) in [4.78, 5) is 16.2. The molecule has 0 saturated carbocycles. The van der Waals surface area contributed by atoms with Gasteiger partial charge >= 0.3 is 0 Å². The van der Waals surface area contributed by atoms with Gasteiger partial charge in [-0.15, -0.1) is 0 Å². The number of nitrogens with one attached hydrogen (secondary N) is 2. The fourth-order valence-electron chi connectivity index (χ4n) is 1.75. The second-order valence-electron chi connectivity index (χ2n) is 4.28. The summed E-state index contributed by atoms with van der Waals surface area (Å²) in [5, 5.41) is 5.99. The number of carbonyl (C=O) groups excluding carboxylic acids is 1. The first-order chi connectivity index (χ1) is 8.08. The van der Waals surface area contributed by atoms with Gasteiger partial charge in [0.1, 0.15) is 0 Å². The van der Waals surface area contributed by atoms with Crippen molar-refractivity contribution < 1.29 is 4.79 Å². The number of nitrogens with zero attached hydrogens (tertiary/aromatic N) is 1. The number of aryl methyl sites for hydroxylation is 1. The van der Waals surface area contributed by atoms with Crippen LogP contribution < -0.4 is 10.6 Å². The quantitative estimate of drug-likeness (QED) is 0.823. The van der Waals surface area contributed by atoms with Crippen molar-refractivity contribution in [3.05, 3.63) is 23.5 Å². The predicted molar refractivity (Wildman–Crippen MR) is 70.4 cm³/mol. The first-order valence-corrected chi connectivity index (χ1v) is 6.03. The van der Waals surface area contributed by atoms with Gasteiger partial charge in [0.25, 0.3) is 5.91 Å². The van der Waals surface area contributed by atoms with Crippen molar-refractivity contribution in [3.63, 3.8) is 0 Å². The zero-order valence-corrected chi connectivity index (χ0v) is 11.0. The summed E-state index contributed by atoms with van der Waals surface area (Å²) in [6, 6.07) is 2.07. The van der Waals surface area contributed by atoms with E-state index in [0.29, 0.717) is 5.56 Å². The van der Waals surface area contributed by atoms with Crippen molar-refractivity contribution in [1.29, 1.82) is 0 Å². The number of hydrogen-bond donors (Lipinski definition) is 2. The number of amides is 1. The highest BCUT2D eigenvalue weighted by Gasteiger charge is 2.13. The molecule has 0 aliphatic rings. The lowest BCUT2D eigenvalue weighted by Crippen LogP contribution is -2.32. The monoisotopic (exact) mass is 235 g/mol. The van der Waals surface area contributed by atoms with Crippen molar-refractivity contribution in [1.82, 2.24) is 10.3 Å². The maximum atomic E-state index is 12.0. The molecule has 1 heterocycles. The molecule has 1 amide bonds. The van der Waals surface area contributed by atoms with Gasteiger partial charge in [0.05, 0.1) is 11.3 Å². The molecule has 0 radical (unpaired) electrons. The third kappa shape index (κ3) is 3.73. The van der Waals surface area contributed by atoms with Crippen LogP contribution in [0.1, 0.15) is 42.7 Å². The summed E-state index contributed by atoms with van der Waals surface area (Å²) in [5.41, 5.74) is 2.31. The molecule has 0 saturated heterocycles. The van der Waals surface area contributed by atoms with Crippen molar-refractivity contribution in [2.45, 2.75) is 39.7 Å². The maximum Gasteiger partial charge on any atom is 0.255 e. The van der Waals surface area contributed by atoms with Crippen LogP contribution in [0.5, 0.6) is 0 Å². The first-order valence-electron chi connectivity index (χ1n) is 6.03. The Morgan fingerprint density at radius 3 is 2.82 bits per heavy atom. The van der Waals surface area contributed by atoms with E-state index in [4.69, 9.17) is 0 Å². The smallest absolute Gasteiger partial charge is 0.255 e. The Morgan fingerprint density at radius 1 is 1.53 bits per heavy atom. The van der Waals surface area contributed by atoms with Crippen molar-refractivity contribution in [2.75, 3.05) is 12.4 Å². The minimum atomic E-state index is -0.0669. The molecule has 0 aromatic carbocycles. The Bertz CT molecular complexity index is 390. The van der Waals surface area contributed by atoms with Crippen LogP contribution in [0, 0.1) is 6.92 Å². The fraction of sp³-hybridized carbons (Fsp3) is 0.538. The standard InChI is InChI=1S/C13H21N3O/c1-5-6-9(2)16-13(17)11-8-15-10(3)7-12(11)14-4/h7-9H,5-6H2,1-4H3,(H,14,15)(H,16,17). The van der Waals surface area contributed by atoms with E-state index < -0.39 is 0 Å². The molecule has 0 aliphatic heterocycles. The summed E-state index contributed by atoms with van der Waals surface area (Å²) in [5.74, 6) is -0.0669. The number of anilines is 1. The minimum absolute atomic E-state index is 0.0669. The third-order valence-corrected chi connectivity index (χ3v) is 2.65. The van der Waals surface area contributed by atoms with Crippen LogP contribution in [-0.2, 0) is 0 Å². The van der Waals surface area contributed by atoms with Crippen LogP contribution in [0.4, 0.5) is 5.69 Å². The number of pyridine rings is 1. The molecule has 17 heavy (non-hydrogen) atoms. The molecular weight excluding hydrogens is 214 g/mol. The summed E-state index contributed by atoms with van der Waals surface area (Å²) in [6.07, 6.45) is 3.67. The molecule has 1 aromatic rings. The van der Waals surface area contributed by atoms with E-state index in [1.165, 1.54) is 0 Å². The van der Waals surface area contributed by atoms with Crippen molar-refractivity contribution in [2.24, 2.45) is 0 Å². The van der Waals surface area contributed by atoms with Gasteiger partial charge in [0.15, 0.2) is 0 Å². The zero-order valence-electron chi connectivity index (χ0n) is 11.0. The van der Waals surface area contributed by atoms with E-state index in [0.717, 1.165) is 24.2 Å². The lowest BCUT2D eigenvalue weighted by Gasteiger charge is -2.14. The molecule has 94 valence electrons. The van der Waals surface area contributed by atoms with Gasteiger partial charge in [-0.1, -0.05) is 13.3 Å². The van der Waals surface area contributed by atoms with E-state index in [1.54, 1.807) is 13.2 Å². The van der Waals surface area contributed by atoms with Crippen LogP contribution in [0.25, 0.3) is 0 Å².